The monoisotopic (exact) mass is 308 g/mol. The van der Waals surface area contributed by atoms with Crippen LogP contribution in [0.5, 0.6) is 5.75 Å². The van der Waals surface area contributed by atoms with Crippen LogP contribution in [0.3, 0.4) is 0 Å². The molecule has 0 aliphatic carbocycles. The average molecular weight is 309 g/mol. The lowest BCUT2D eigenvalue weighted by Crippen LogP contribution is -2.26. The van der Waals surface area contributed by atoms with Gasteiger partial charge < -0.3 is 14.5 Å². The van der Waals surface area contributed by atoms with E-state index in [2.05, 4.69) is 10.3 Å². The fourth-order valence-electron chi connectivity index (χ4n) is 1.99. The Bertz CT molecular complexity index is 652. The van der Waals surface area contributed by atoms with Crippen LogP contribution in [-0.4, -0.2) is 24.5 Å². The van der Waals surface area contributed by atoms with E-state index in [0.717, 1.165) is 5.56 Å². The van der Waals surface area contributed by atoms with E-state index < -0.39 is 0 Å². The predicted molar refractivity (Wildman–Crippen MR) is 80.0 cm³/mol. The van der Waals surface area contributed by atoms with Gasteiger partial charge in [0.15, 0.2) is 5.89 Å². The summed E-state index contributed by atoms with van der Waals surface area (Å²) in [5.41, 5.74) is 1.54. The van der Waals surface area contributed by atoms with Gasteiger partial charge in [-0.05, 0) is 31.0 Å². The third kappa shape index (κ3) is 3.76. The van der Waals surface area contributed by atoms with Gasteiger partial charge in [-0.25, -0.2) is 4.98 Å². The van der Waals surface area contributed by atoms with Crippen LogP contribution in [0, 0.1) is 13.8 Å². The van der Waals surface area contributed by atoms with Crippen LogP contribution in [0.1, 0.15) is 27.7 Å². The molecule has 0 saturated carbocycles. The molecule has 1 aromatic carbocycles. The van der Waals surface area contributed by atoms with E-state index in [1.165, 1.54) is 0 Å². The number of carbonyl (C=O) groups excluding carboxylic acids is 1. The number of halogens is 1. The molecule has 0 atom stereocenters. The molecule has 1 heterocycles. The second kappa shape index (κ2) is 6.63. The second-order valence-corrected chi connectivity index (χ2v) is 5.02. The molecule has 5 nitrogen and oxygen atoms in total. The summed E-state index contributed by atoms with van der Waals surface area (Å²) in [5.74, 6) is 1.18. The summed E-state index contributed by atoms with van der Waals surface area (Å²) < 4.78 is 10.4. The van der Waals surface area contributed by atoms with E-state index in [1.54, 1.807) is 27.0 Å². The average Bonchev–Trinajstić information content (AvgIpc) is 2.79. The van der Waals surface area contributed by atoms with Gasteiger partial charge in [-0.15, -0.1) is 0 Å². The summed E-state index contributed by atoms with van der Waals surface area (Å²) in [6.45, 7) is 3.91. The number of amides is 1. The molecule has 0 unspecified atom stereocenters. The minimum atomic E-state index is -0.266. The minimum Gasteiger partial charge on any atom is -0.497 e. The van der Waals surface area contributed by atoms with Crippen molar-refractivity contribution >= 4 is 17.5 Å². The third-order valence-corrected chi connectivity index (χ3v) is 3.40. The van der Waals surface area contributed by atoms with Crippen LogP contribution < -0.4 is 10.1 Å². The van der Waals surface area contributed by atoms with Crippen molar-refractivity contribution in [2.24, 2.45) is 0 Å². The smallest absolute Gasteiger partial charge is 0.289 e. The first-order chi connectivity index (χ1) is 10.0. The summed E-state index contributed by atoms with van der Waals surface area (Å²) in [7, 11) is 1.59. The topological polar surface area (TPSA) is 64.4 Å². The van der Waals surface area contributed by atoms with E-state index >= 15 is 0 Å². The zero-order chi connectivity index (χ0) is 15.4. The fourth-order valence-corrected chi connectivity index (χ4v) is 2.26. The maximum atomic E-state index is 12.0. The number of methoxy groups -OCH3 is 1. The molecule has 0 aliphatic rings. The molecule has 0 fully saturated rings. The number of aromatic nitrogens is 1. The van der Waals surface area contributed by atoms with Crippen molar-refractivity contribution in [3.05, 3.63) is 46.1 Å². The van der Waals surface area contributed by atoms with Gasteiger partial charge in [0, 0.05) is 18.5 Å². The summed E-state index contributed by atoms with van der Waals surface area (Å²) in [6.07, 6.45) is 0.626. The lowest BCUT2D eigenvalue weighted by Gasteiger charge is -2.07. The standard InChI is InChI=1S/C15H17ClN2O3/c1-9-14(21-10(2)18-9)15(19)17-7-6-11-4-5-12(20-3)8-13(11)16/h4-5,8H,6-7H2,1-3H3,(H,17,19). The first-order valence-electron chi connectivity index (χ1n) is 6.56. The molecule has 1 aromatic heterocycles. The molecular formula is C15H17ClN2O3. The van der Waals surface area contributed by atoms with Crippen molar-refractivity contribution in [1.82, 2.24) is 10.3 Å². The zero-order valence-corrected chi connectivity index (χ0v) is 13.0. The van der Waals surface area contributed by atoms with Crippen molar-refractivity contribution in [3.63, 3.8) is 0 Å². The molecule has 0 saturated heterocycles. The Hall–Kier alpha value is -2.01. The molecule has 0 aliphatic heterocycles. The SMILES string of the molecule is COc1ccc(CCNC(=O)c2oc(C)nc2C)c(Cl)c1. The maximum Gasteiger partial charge on any atom is 0.289 e. The van der Waals surface area contributed by atoms with Crippen molar-refractivity contribution in [1.29, 1.82) is 0 Å². The van der Waals surface area contributed by atoms with Crippen molar-refractivity contribution in [2.45, 2.75) is 20.3 Å². The molecule has 2 rings (SSSR count). The quantitative estimate of drug-likeness (QED) is 0.922. The van der Waals surface area contributed by atoms with Crippen LogP contribution in [0.25, 0.3) is 0 Å². The zero-order valence-electron chi connectivity index (χ0n) is 12.2. The van der Waals surface area contributed by atoms with Crippen LogP contribution in [-0.2, 0) is 6.42 Å². The lowest BCUT2D eigenvalue weighted by atomic mass is 10.1. The Morgan fingerprint density at radius 3 is 2.76 bits per heavy atom. The first kappa shape index (κ1) is 15.4. The highest BCUT2D eigenvalue weighted by atomic mass is 35.5. The maximum absolute atomic E-state index is 12.0. The number of nitrogens with one attached hydrogen (secondary N) is 1. The number of hydrogen-bond acceptors (Lipinski definition) is 4. The van der Waals surface area contributed by atoms with Crippen LogP contribution >= 0.6 is 11.6 Å². The molecule has 0 spiro atoms. The van der Waals surface area contributed by atoms with E-state index in [9.17, 15) is 4.79 Å². The van der Waals surface area contributed by atoms with E-state index in [1.807, 2.05) is 12.1 Å². The number of rotatable bonds is 5. The van der Waals surface area contributed by atoms with Gasteiger partial charge >= 0.3 is 0 Å². The molecule has 0 radical (unpaired) electrons. The Morgan fingerprint density at radius 2 is 2.19 bits per heavy atom. The first-order valence-corrected chi connectivity index (χ1v) is 6.93. The molecular weight excluding hydrogens is 292 g/mol. The number of oxazole rings is 1. The number of benzene rings is 1. The van der Waals surface area contributed by atoms with Crippen molar-refractivity contribution < 1.29 is 13.9 Å². The number of aryl methyl sites for hydroxylation is 2. The summed E-state index contributed by atoms with van der Waals surface area (Å²) in [5, 5.41) is 3.42. The third-order valence-electron chi connectivity index (χ3n) is 3.05. The van der Waals surface area contributed by atoms with E-state index in [4.69, 9.17) is 20.8 Å². The minimum absolute atomic E-state index is 0.258. The van der Waals surface area contributed by atoms with Gasteiger partial charge in [0.1, 0.15) is 5.75 Å². The summed E-state index contributed by atoms with van der Waals surface area (Å²) in [6, 6.07) is 5.48. The highest BCUT2D eigenvalue weighted by Crippen LogP contribution is 2.22. The number of ether oxygens (including phenoxy) is 1. The van der Waals surface area contributed by atoms with Crippen molar-refractivity contribution in [2.75, 3.05) is 13.7 Å². The van der Waals surface area contributed by atoms with Gasteiger partial charge in [0.25, 0.3) is 5.91 Å². The van der Waals surface area contributed by atoms with Gasteiger partial charge in [-0.3, -0.25) is 4.79 Å². The van der Waals surface area contributed by atoms with Gasteiger partial charge in [0.2, 0.25) is 5.76 Å². The van der Waals surface area contributed by atoms with E-state index in [-0.39, 0.29) is 11.7 Å². The predicted octanol–water partition coefficient (Wildman–Crippen LogP) is 2.93. The van der Waals surface area contributed by atoms with E-state index in [0.29, 0.717) is 35.3 Å². The van der Waals surface area contributed by atoms with Crippen LogP contribution in [0.15, 0.2) is 22.6 Å². The van der Waals surface area contributed by atoms with Crippen LogP contribution in [0.2, 0.25) is 5.02 Å². The molecule has 1 amide bonds. The largest absolute Gasteiger partial charge is 0.497 e. The van der Waals surface area contributed by atoms with Crippen molar-refractivity contribution in [3.8, 4) is 5.75 Å². The number of nitrogens with zero attached hydrogens (tertiary/aromatic N) is 1. The molecule has 2 aromatic rings. The Labute approximate surface area is 128 Å². The normalized spacial score (nSPS) is 10.5. The fraction of sp³-hybridized carbons (Fsp3) is 0.333. The summed E-state index contributed by atoms with van der Waals surface area (Å²) >= 11 is 6.15. The second-order valence-electron chi connectivity index (χ2n) is 4.61. The molecule has 112 valence electrons. The Morgan fingerprint density at radius 1 is 1.43 bits per heavy atom. The molecule has 21 heavy (non-hydrogen) atoms. The number of carbonyl (C=O) groups is 1. The molecule has 6 heteroatoms. The highest BCUT2D eigenvalue weighted by Gasteiger charge is 2.15. The highest BCUT2D eigenvalue weighted by molar-refractivity contribution is 6.31. The Kier molecular flexibility index (Phi) is 4.85. The Balaban J connectivity index is 1.92. The van der Waals surface area contributed by atoms with Gasteiger partial charge in [-0.1, -0.05) is 17.7 Å². The number of hydrogen-bond donors (Lipinski definition) is 1. The lowest BCUT2D eigenvalue weighted by molar-refractivity contribution is 0.0924. The van der Waals surface area contributed by atoms with Crippen LogP contribution in [0.4, 0.5) is 0 Å². The molecule has 1 N–H and O–H groups in total. The molecule has 0 bridgehead atoms. The van der Waals surface area contributed by atoms with Gasteiger partial charge in [-0.2, -0.15) is 0 Å². The summed E-state index contributed by atoms with van der Waals surface area (Å²) in [4.78, 5) is 16.0. The van der Waals surface area contributed by atoms with Gasteiger partial charge in [0.05, 0.1) is 12.8 Å².